The van der Waals surface area contributed by atoms with Crippen molar-refractivity contribution in [2.75, 3.05) is 11.9 Å². The molecule has 1 atom stereocenters. The first-order chi connectivity index (χ1) is 10.4. The van der Waals surface area contributed by atoms with Crippen LogP contribution in [0.2, 0.25) is 0 Å². The van der Waals surface area contributed by atoms with E-state index in [2.05, 4.69) is 72.1 Å². The van der Waals surface area contributed by atoms with Gasteiger partial charge in [0.05, 0.1) is 0 Å². The van der Waals surface area contributed by atoms with Crippen molar-refractivity contribution in [2.45, 2.75) is 25.7 Å². The van der Waals surface area contributed by atoms with Crippen molar-refractivity contribution < 1.29 is 0 Å². The number of hydrogen-bond donors (Lipinski definition) is 1. The largest absolute Gasteiger partial charge is 0.385 e. The Hall–Kier alpha value is -2.02. The van der Waals surface area contributed by atoms with E-state index < -0.39 is 0 Å². The van der Waals surface area contributed by atoms with Crippen LogP contribution < -0.4 is 5.32 Å². The third kappa shape index (κ3) is 3.98. The number of benzene rings is 2. The van der Waals surface area contributed by atoms with Crippen LogP contribution in [0.3, 0.4) is 0 Å². The van der Waals surface area contributed by atoms with Crippen LogP contribution in [0.25, 0.3) is 0 Å². The Labute approximate surface area is 127 Å². The second-order valence-electron chi connectivity index (χ2n) is 5.85. The van der Waals surface area contributed by atoms with Gasteiger partial charge in [0.15, 0.2) is 0 Å². The summed E-state index contributed by atoms with van der Waals surface area (Å²) in [5.74, 6) is 0.778. The molecule has 0 radical (unpaired) electrons. The summed E-state index contributed by atoms with van der Waals surface area (Å²) in [6.07, 6.45) is 9.39. The Balaban J connectivity index is 1.66. The van der Waals surface area contributed by atoms with Crippen molar-refractivity contribution in [3.8, 4) is 0 Å². The van der Waals surface area contributed by atoms with Crippen molar-refractivity contribution in [2.24, 2.45) is 5.92 Å². The Morgan fingerprint density at radius 1 is 0.905 bits per heavy atom. The molecular weight excluding hydrogens is 254 g/mol. The maximum atomic E-state index is 3.67. The maximum absolute atomic E-state index is 3.67. The average Bonchev–Trinajstić information content (AvgIpc) is 2.56. The highest BCUT2D eigenvalue weighted by Crippen LogP contribution is 2.22. The Morgan fingerprint density at radius 3 is 2.52 bits per heavy atom. The predicted octanol–water partition coefficient (Wildman–Crippen LogP) is 5.05. The first kappa shape index (κ1) is 13.9. The van der Waals surface area contributed by atoms with Crippen LogP contribution in [0.4, 0.5) is 5.69 Å². The molecule has 0 bridgehead atoms. The van der Waals surface area contributed by atoms with Crippen LogP contribution in [0.15, 0.2) is 66.7 Å². The van der Waals surface area contributed by atoms with Crippen molar-refractivity contribution in [3.05, 3.63) is 77.9 Å². The van der Waals surface area contributed by atoms with Gasteiger partial charge in [-0.1, -0.05) is 60.7 Å². The minimum absolute atomic E-state index is 0.778. The standard InChI is InChI=1S/C20H23N/c1-3-9-17(10-4-1)15-19-13-7-8-14-20(19)21-16-18-11-5-2-6-12-18/h1-5,7-10,13-14,18,21H,6,11-12,15-16H2. The fourth-order valence-electron chi connectivity index (χ4n) is 2.96. The molecule has 1 aliphatic rings. The van der Waals surface area contributed by atoms with Gasteiger partial charge < -0.3 is 5.32 Å². The summed E-state index contributed by atoms with van der Waals surface area (Å²) in [6.45, 7) is 1.08. The van der Waals surface area contributed by atoms with Crippen molar-refractivity contribution in [1.29, 1.82) is 0 Å². The molecule has 0 aromatic heterocycles. The molecule has 0 saturated carbocycles. The number of hydrogen-bond acceptors (Lipinski definition) is 1. The summed E-state index contributed by atoms with van der Waals surface area (Å²) in [7, 11) is 0. The fraction of sp³-hybridized carbons (Fsp3) is 0.300. The number of anilines is 1. The predicted molar refractivity (Wildman–Crippen MR) is 90.7 cm³/mol. The molecule has 1 aliphatic carbocycles. The third-order valence-electron chi connectivity index (χ3n) is 4.21. The smallest absolute Gasteiger partial charge is 0.0376 e. The van der Waals surface area contributed by atoms with Crippen LogP contribution in [0, 0.1) is 5.92 Å². The van der Waals surface area contributed by atoms with E-state index in [1.54, 1.807) is 0 Å². The lowest BCUT2D eigenvalue weighted by Gasteiger charge is -2.20. The highest BCUT2D eigenvalue weighted by atomic mass is 14.9. The molecule has 2 aromatic carbocycles. The van der Waals surface area contributed by atoms with Gasteiger partial charge in [-0.05, 0) is 48.8 Å². The van der Waals surface area contributed by atoms with E-state index in [0.717, 1.165) is 18.9 Å². The summed E-state index contributed by atoms with van der Waals surface area (Å²) in [5.41, 5.74) is 4.04. The highest BCUT2D eigenvalue weighted by molar-refractivity contribution is 5.52. The average molecular weight is 277 g/mol. The lowest BCUT2D eigenvalue weighted by Crippen LogP contribution is -2.16. The van der Waals surface area contributed by atoms with Crippen LogP contribution in [0.1, 0.15) is 30.4 Å². The number of nitrogens with one attached hydrogen (secondary N) is 1. The van der Waals surface area contributed by atoms with Crippen molar-refractivity contribution >= 4 is 5.69 Å². The van der Waals surface area contributed by atoms with E-state index in [-0.39, 0.29) is 0 Å². The van der Waals surface area contributed by atoms with Crippen LogP contribution in [0.5, 0.6) is 0 Å². The second kappa shape index (κ2) is 7.12. The van der Waals surface area contributed by atoms with Gasteiger partial charge in [-0.25, -0.2) is 0 Å². The van der Waals surface area contributed by atoms with Gasteiger partial charge in [-0.15, -0.1) is 0 Å². The zero-order chi connectivity index (χ0) is 14.3. The summed E-state index contributed by atoms with van der Waals surface area (Å²) in [5, 5.41) is 3.67. The molecule has 3 rings (SSSR count). The molecule has 1 unspecified atom stereocenters. The zero-order valence-corrected chi connectivity index (χ0v) is 12.5. The fourth-order valence-corrected chi connectivity index (χ4v) is 2.96. The molecule has 0 amide bonds. The van der Waals surface area contributed by atoms with Crippen LogP contribution in [-0.2, 0) is 6.42 Å². The van der Waals surface area contributed by atoms with E-state index in [1.807, 2.05) is 0 Å². The Bertz CT molecular complexity index is 586. The minimum Gasteiger partial charge on any atom is -0.385 e. The summed E-state index contributed by atoms with van der Waals surface area (Å²) >= 11 is 0. The van der Waals surface area contributed by atoms with E-state index in [0.29, 0.717) is 0 Å². The van der Waals surface area contributed by atoms with Crippen LogP contribution >= 0.6 is 0 Å². The van der Waals surface area contributed by atoms with Crippen LogP contribution in [-0.4, -0.2) is 6.54 Å². The monoisotopic (exact) mass is 277 g/mol. The van der Waals surface area contributed by atoms with E-state index in [1.165, 1.54) is 36.1 Å². The van der Waals surface area contributed by atoms with Crippen molar-refractivity contribution in [1.82, 2.24) is 0 Å². The minimum atomic E-state index is 0.778. The molecule has 1 nitrogen and oxygen atoms in total. The molecule has 0 aliphatic heterocycles. The third-order valence-corrected chi connectivity index (χ3v) is 4.21. The molecule has 0 fully saturated rings. The molecule has 0 heterocycles. The summed E-state index contributed by atoms with van der Waals surface area (Å²) in [4.78, 5) is 0. The first-order valence-electron chi connectivity index (χ1n) is 7.92. The van der Waals surface area contributed by atoms with Gasteiger partial charge in [0.2, 0.25) is 0 Å². The summed E-state index contributed by atoms with van der Waals surface area (Å²) < 4.78 is 0. The number of rotatable bonds is 5. The molecule has 21 heavy (non-hydrogen) atoms. The second-order valence-corrected chi connectivity index (χ2v) is 5.85. The molecule has 1 heteroatoms. The number of allylic oxidation sites excluding steroid dienone is 2. The molecule has 0 spiro atoms. The topological polar surface area (TPSA) is 12.0 Å². The normalized spacial score (nSPS) is 17.6. The number of para-hydroxylation sites is 1. The van der Waals surface area contributed by atoms with E-state index in [9.17, 15) is 0 Å². The van der Waals surface area contributed by atoms with E-state index >= 15 is 0 Å². The maximum Gasteiger partial charge on any atom is 0.0376 e. The lowest BCUT2D eigenvalue weighted by molar-refractivity contribution is 0.504. The van der Waals surface area contributed by atoms with Gasteiger partial charge in [0.1, 0.15) is 0 Å². The van der Waals surface area contributed by atoms with Gasteiger partial charge in [0, 0.05) is 12.2 Å². The molecule has 1 N–H and O–H groups in total. The highest BCUT2D eigenvalue weighted by Gasteiger charge is 2.10. The first-order valence-corrected chi connectivity index (χ1v) is 7.92. The van der Waals surface area contributed by atoms with Gasteiger partial charge in [-0.3, -0.25) is 0 Å². The SMILES string of the molecule is C1=CCC(CNc2ccccc2Cc2ccccc2)CC1. The van der Waals surface area contributed by atoms with Gasteiger partial charge in [-0.2, -0.15) is 0 Å². The molecule has 0 saturated heterocycles. The molecule has 2 aromatic rings. The Kier molecular flexibility index (Phi) is 4.73. The molecule has 108 valence electrons. The van der Waals surface area contributed by atoms with Gasteiger partial charge in [0.25, 0.3) is 0 Å². The zero-order valence-electron chi connectivity index (χ0n) is 12.5. The van der Waals surface area contributed by atoms with Gasteiger partial charge >= 0.3 is 0 Å². The van der Waals surface area contributed by atoms with E-state index in [4.69, 9.17) is 0 Å². The quantitative estimate of drug-likeness (QED) is 0.754. The molecular formula is C20H23N. The summed E-state index contributed by atoms with van der Waals surface area (Å²) in [6, 6.07) is 19.4. The lowest BCUT2D eigenvalue weighted by atomic mass is 9.94. The van der Waals surface area contributed by atoms with Crippen molar-refractivity contribution in [3.63, 3.8) is 0 Å². The Morgan fingerprint density at radius 2 is 1.71 bits per heavy atom.